The van der Waals surface area contributed by atoms with Crippen LogP contribution in [0.2, 0.25) is 0 Å². The lowest BCUT2D eigenvalue weighted by Crippen LogP contribution is -2.64. The van der Waals surface area contributed by atoms with Crippen LogP contribution in [-0.2, 0) is 4.79 Å². The fraction of sp³-hybridized carbons (Fsp3) is 0.750. The molecule has 0 atom stereocenters. The molecule has 1 saturated heterocycles. The number of quaternary nitrogens is 1. The van der Waals surface area contributed by atoms with E-state index >= 15 is 0 Å². The minimum atomic E-state index is -0.805. The van der Waals surface area contributed by atoms with Crippen molar-refractivity contribution in [2.45, 2.75) is 44.6 Å². The van der Waals surface area contributed by atoms with Crippen molar-refractivity contribution in [2.75, 3.05) is 13.1 Å². The minimum absolute atomic E-state index is 0.424. The van der Waals surface area contributed by atoms with Crippen LogP contribution in [0.25, 0.3) is 0 Å². The van der Waals surface area contributed by atoms with Gasteiger partial charge < -0.3 is 5.11 Å². The lowest BCUT2D eigenvalue weighted by Gasteiger charge is -2.51. The van der Waals surface area contributed by atoms with Gasteiger partial charge in [0.2, 0.25) is 5.70 Å². The number of hydrogen-bond acceptors (Lipinski definition) is 1. The van der Waals surface area contributed by atoms with E-state index < -0.39 is 5.97 Å². The lowest BCUT2D eigenvalue weighted by molar-refractivity contribution is -0.949. The highest BCUT2D eigenvalue weighted by Crippen LogP contribution is 2.37. The molecule has 2 aliphatic rings. The van der Waals surface area contributed by atoms with Crippen LogP contribution in [0.15, 0.2) is 12.3 Å². The van der Waals surface area contributed by atoms with Gasteiger partial charge in [-0.1, -0.05) is 6.42 Å². The van der Waals surface area contributed by atoms with Crippen molar-refractivity contribution in [3.05, 3.63) is 12.3 Å². The molecule has 3 heteroatoms. The van der Waals surface area contributed by atoms with Gasteiger partial charge in [-0.2, -0.15) is 0 Å². The zero-order valence-corrected chi connectivity index (χ0v) is 9.24. The van der Waals surface area contributed by atoms with Gasteiger partial charge in [-0.3, -0.25) is 4.48 Å². The van der Waals surface area contributed by atoms with Crippen LogP contribution in [-0.4, -0.2) is 34.7 Å². The highest BCUT2D eigenvalue weighted by atomic mass is 16.4. The lowest BCUT2D eigenvalue weighted by atomic mass is 9.88. The zero-order chi connectivity index (χ0) is 10.9. The number of hydrogen-bond donors (Lipinski definition) is 1. The van der Waals surface area contributed by atoms with Gasteiger partial charge in [0.25, 0.3) is 0 Å². The van der Waals surface area contributed by atoms with Crippen LogP contribution in [0.3, 0.4) is 0 Å². The molecular weight excluding hydrogens is 190 g/mol. The first-order valence-corrected chi connectivity index (χ1v) is 5.96. The van der Waals surface area contributed by atoms with Gasteiger partial charge in [-0.05, 0) is 32.3 Å². The summed E-state index contributed by atoms with van der Waals surface area (Å²) in [6.07, 6.45) is 7.37. The predicted molar refractivity (Wildman–Crippen MR) is 58.3 cm³/mol. The first-order chi connectivity index (χ1) is 7.17. The number of nitrogens with zero attached hydrogens (tertiary/aromatic N) is 1. The molecule has 1 heterocycles. The maximum absolute atomic E-state index is 11.1. The van der Waals surface area contributed by atoms with Crippen molar-refractivity contribution in [1.29, 1.82) is 0 Å². The van der Waals surface area contributed by atoms with Crippen molar-refractivity contribution in [3.63, 3.8) is 0 Å². The van der Waals surface area contributed by atoms with Gasteiger partial charge >= 0.3 is 5.97 Å². The smallest absolute Gasteiger partial charge is 0.389 e. The fourth-order valence-electron chi connectivity index (χ4n) is 3.12. The summed E-state index contributed by atoms with van der Waals surface area (Å²) in [4.78, 5) is 11.1. The quantitative estimate of drug-likeness (QED) is 0.572. The fourth-order valence-corrected chi connectivity index (χ4v) is 3.12. The second-order valence-electron chi connectivity index (χ2n) is 4.88. The number of rotatable bonds is 3. The summed E-state index contributed by atoms with van der Waals surface area (Å²) in [5, 5.41) is 9.10. The molecule has 1 saturated carbocycles. The first kappa shape index (κ1) is 10.7. The SMILES string of the molecule is C=C(C(=O)O)[N+]1(C2CCCCC2)CCC1. The van der Waals surface area contributed by atoms with E-state index in [-0.39, 0.29) is 0 Å². The van der Waals surface area contributed by atoms with Crippen LogP contribution < -0.4 is 0 Å². The van der Waals surface area contributed by atoms with E-state index in [0.717, 1.165) is 19.5 Å². The molecule has 1 N–H and O–H groups in total. The van der Waals surface area contributed by atoms with Gasteiger partial charge in [0.05, 0.1) is 19.1 Å². The largest absolute Gasteiger partial charge is 0.474 e. The Bertz CT molecular complexity index is 275. The molecule has 84 valence electrons. The van der Waals surface area contributed by atoms with Crippen molar-refractivity contribution in [3.8, 4) is 0 Å². The van der Waals surface area contributed by atoms with Gasteiger partial charge in [0.1, 0.15) is 0 Å². The summed E-state index contributed by atoms with van der Waals surface area (Å²) in [7, 11) is 0. The summed E-state index contributed by atoms with van der Waals surface area (Å²) in [5.41, 5.74) is 0.424. The normalized spacial score (nSPS) is 25.6. The maximum Gasteiger partial charge on any atom is 0.389 e. The second kappa shape index (κ2) is 3.97. The Morgan fingerprint density at radius 2 is 1.73 bits per heavy atom. The Morgan fingerprint density at radius 1 is 1.13 bits per heavy atom. The summed E-state index contributed by atoms with van der Waals surface area (Å²) < 4.78 is 0.690. The highest BCUT2D eigenvalue weighted by Gasteiger charge is 2.48. The third kappa shape index (κ3) is 1.69. The van der Waals surface area contributed by atoms with Crippen molar-refractivity contribution in [2.24, 2.45) is 0 Å². The van der Waals surface area contributed by atoms with Gasteiger partial charge in [0.15, 0.2) is 0 Å². The van der Waals surface area contributed by atoms with E-state index in [9.17, 15) is 4.79 Å². The molecule has 2 fully saturated rings. The van der Waals surface area contributed by atoms with Gasteiger partial charge in [-0.25, -0.2) is 4.79 Å². The number of carboxylic acids is 1. The monoisotopic (exact) mass is 210 g/mol. The second-order valence-corrected chi connectivity index (χ2v) is 4.88. The van der Waals surface area contributed by atoms with E-state index in [2.05, 4.69) is 6.58 Å². The number of carboxylic acid groups (broad SMARTS) is 1. The number of carbonyl (C=O) groups is 1. The molecule has 0 amide bonds. The zero-order valence-electron chi connectivity index (χ0n) is 9.24. The Kier molecular flexibility index (Phi) is 2.83. The third-order valence-electron chi connectivity index (χ3n) is 4.17. The van der Waals surface area contributed by atoms with Crippen molar-refractivity contribution < 1.29 is 14.4 Å². The maximum atomic E-state index is 11.1. The van der Waals surface area contributed by atoms with Gasteiger partial charge in [-0.15, -0.1) is 0 Å². The van der Waals surface area contributed by atoms with E-state index in [4.69, 9.17) is 5.11 Å². The Balaban J connectivity index is 2.13. The van der Waals surface area contributed by atoms with Crippen LogP contribution in [0.5, 0.6) is 0 Å². The molecule has 0 radical (unpaired) electrons. The molecule has 0 aromatic rings. The first-order valence-electron chi connectivity index (χ1n) is 5.96. The molecule has 0 bridgehead atoms. The standard InChI is InChI=1S/C12H19NO2/c1-10(12(14)15)13(8-5-9-13)11-6-3-2-4-7-11/h11H,1-9H2/p+1. The van der Waals surface area contributed by atoms with Gasteiger partial charge in [0, 0.05) is 6.42 Å². The molecule has 1 aliphatic heterocycles. The summed E-state index contributed by atoms with van der Waals surface area (Å²) in [6.45, 7) is 5.79. The van der Waals surface area contributed by atoms with Crippen LogP contribution >= 0.6 is 0 Å². The number of aliphatic carboxylic acids is 1. The average Bonchev–Trinajstić information content (AvgIpc) is 2.17. The summed E-state index contributed by atoms with van der Waals surface area (Å²) >= 11 is 0. The van der Waals surface area contributed by atoms with Crippen molar-refractivity contribution >= 4 is 5.97 Å². The summed E-state index contributed by atoms with van der Waals surface area (Å²) in [6, 6.07) is 0.538. The molecule has 0 unspecified atom stereocenters. The molecule has 1 aliphatic carbocycles. The molecular formula is C12H20NO2+. The third-order valence-corrected chi connectivity index (χ3v) is 4.17. The number of likely N-dealkylation sites (tertiary alicyclic amines) is 1. The van der Waals surface area contributed by atoms with E-state index in [1.165, 1.54) is 32.1 Å². The average molecular weight is 210 g/mol. The van der Waals surface area contributed by atoms with E-state index in [1.807, 2.05) is 0 Å². The molecule has 2 rings (SSSR count). The Morgan fingerprint density at radius 3 is 2.13 bits per heavy atom. The molecule has 15 heavy (non-hydrogen) atoms. The Labute approximate surface area is 91.0 Å². The van der Waals surface area contributed by atoms with E-state index in [1.54, 1.807) is 0 Å². The molecule has 3 nitrogen and oxygen atoms in total. The topological polar surface area (TPSA) is 37.3 Å². The van der Waals surface area contributed by atoms with Crippen molar-refractivity contribution in [1.82, 2.24) is 0 Å². The highest BCUT2D eigenvalue weighted by molar-refractivity contribution is 5.83. The van der Waals surface area contributed by atoms with E-state index in [0.29, 0.717) is 16.2 Å². The Hall–Kier alpha value is -0.830. The minimum Gasteiger partial charge on any atom is -0.474 e. The van der Waals surface area contributed by atoms with Crippen LogP contribution in [0.1, 0.15) is 38.5 Å². The van der Waals surface area contributed by atoms with Crippen LogP contribution in [0, 0.1) is 0 Å². The van der Waals surface area contributed by atoms with Crippen LogP contribution in [0.4, 0.5) is 0 Å². The summed E-state index contributed by atoms with van der Waals surface area (Å²) in [5.74, 6) is -0.805. The molecule has 0 aromatic carbocycles. The molecule has 0 aromatic heterocycles. The predicted octanol–water partition coefficient (Wildman–Crippen LogP) is 2.14. The molecule has 0 spiro atoms.